The van der Waals surface area contributed by atoms with Crippen LogP contribution in [-0.4, -0.2) is 23.5 Å². The number of pyridine rings is 1. The molecule has 76 valence electrons. The van der Waals surface area contributed by atoms with Crippen molar-refractivity contribution in [1.29, 1.82) is 0 Å². The first kappa shape index (κ1) is 9.46. The Bertz CT molecular complexity index is 290. The van der Waals surface area contributed by atoms with Gasteiger partial charge in [0.15, 0.2) is 0 Å². The van der Waals surface area contributed by atoms with Crippen molar-refractivity contribution in [1.82, 2.24) is 9.88 Å². The summed E-state index contributed by atoms with van der Waals surface area (Å²) < 4.78 is 0. The molecular formula is C11H17N3. The lowest BCUT2D eigenvalue weighted by Gasteiger charge is -2.15. The van der Waals surface area contributed by atoms with Crippen LogP contribution in [0.1, 0.15) is 18.5 Å². The van der Waals surface area contributed by atoms with E-state index in [1.807, 2.05) is 12.1 Å². The molecule has 1 aliphatic carbocycles. The van der Waals surface area contributed by atoms with Gasteiger partial charge < -0.3 is 10.6 Å². The van der Waals surface area contributed by atoms with Crippen molar-refractivity contribution in [2.75, 3.05) is 19.3 Å². The number of nitrogens with zero attached hydrogens (tertiary/aromatic N) is 2. The summed E-state index contributed by atoms with van der Waals surface area (Å²) in [5.41, 5.74) is 7.41. The third-order valence-corrected chi connectivity index (χ3v) is 2.55. The third-order valence-electron chi connectivity index (χ3n) is 2.55. The molecule has 2 rings (SSSR count). The standard InChI is InChI=1S/C11H17N3/c1-14(7-9-2-3-9)8-11-5-4-10(12)6-13-11/h4-6,9H,2-3,7-8,12H2,1H3. The number of hydrogen-bond acceptors (Lipinski definition) is 3. The van der Waals surface area contributed by atoms with E-state index in [0.29, 0.717) is 0 Å². The number of rotatable bonds is 4. The molecule has 0 unspecified atom stereocenters. The van der Waals surface area contributed by atoms with E-state index in [0.717, 1.165) is 23.8 Å². The first-order valence-corrected chi connectivity index (χ1v) is 5.13. The lowest BCUT2D eigenvalue weighted by molar-refractivity contribution is 0.309. The summed E-state index contributed by atoms with van der Waals surface area (Å²) in [6, 6.07) is 3.91. The van der Waals surface area contributed by atoms with Crippen LogP contribution in [0.2, 0.25) is 0 Å². The molecule has 14 heavy (non-hydrogen) atoms. The summed E-state index contributed by atoms with van der Waals surface area (Å²) in [6.07, 6.45) is 4.53. The lowest BCUT2D eigenvalue weighted by Crippen LogP contribution is -2.20. The SMILES string of the molecule is CN(Cc1ccc(N)cn1)CC1CC1. The van der Waals surface area contributed by atoms with Gasteiger partial charge in [-0.3, -0.25) is 4.98 Å². The predicted molar refractivity (Wildman–Crippen MR) is 57.7 cm³/mol. The summed E-state index contributed by atoms with van der Waals surface area (Å²) >= 11 is 0. The van der Waals surface area contributed by atoms with Crippen LogP contribution in [0.5, 0.6) is 0 Å². The Hall–Kier alpha value is -1.09. The average molecular weight is 191 g/mol. The van der Waals surface area contributed by atoms with Crippen molar-refractivity contribution in [3.63, 3.8) is 0 Å². The molecule has 1 aliphatic rings. The van der Waals surface area contributed by atoms with E-state index in [2.05, 4.69) is 16.9 Å². The van der Waals surface area contributed by atoms with Crippen LogP contribution < -0.4 is 5.73 Å². The Balaban J connectivity index is 1.85. The molecule has 0 saturated heterocycles. The number of hydrogen-bond donors (Lipinski definition) is 1. The second-order valence-corrected chi connectivity index (χ2v) is 4.22. The molecule has 1 aromatic heterocycles. The topological polar surface area (TPSA) is 42.1 Å². The van der Waals surface area contributed by atoms with Crippen LogP contribution in [0.3, 0.4) is 0 Å². The summed E-state index contributed by atoms with van der Waals surface area (Å²) in [5.74, 6) is 0.939. The quantitative estimate of drug-likeness (QED) is 0.784. The van der Waals surface area contributed by atoms with Crippen molar-refractivity contribution < 1.29 is 0 Å². The van der Waals surface area contributed by atoms with Gasteiger partial charge in [-0.05, 0) is 37.9 Å². The number of aromatic nitrogens is 1. The van der Waals surface area contributed by atoms with Gasteiger partial charge in [0, 0.05) is 13.1 Å². The van der Waals surface area contributed by atoms with Crippen LogP contribution in [-0.2, 0) is 6.54 Å². The van der Waals surface area contributed by atoms with Gasteiger partial charge in [0.1, 0.15) is 0 Å². The number of nitrogens with two attached hydrogens (primary N) is 1. The van der Waals surface area contributed by atoms with E-state index < -0.39 is 0 Å². The molecule has 1 heterocycles. The van der Waals surface area contributed by atoms with E-state index >= 15 is 0 Å². The highest BCUT2D eigenvalue weighted by molar-refractivity contribution is 5.34. The Morgan fingerprint density at radius 2 is 2.29 bits per heavy atom. The summed E-state index contributed by atoms with van der Waals surface area (Å²) in [4.78, 5) is 6.61. The molecule has 0 amide bonds. The molecule has 1 saturated carbocycles. The van der Waals surface area contributed by atoms with E-state index in [9.17, 15) is 0 Å². The van der Waals surface area contributed by atoms with Crippen LogP contribution in [0.4, 0.5) is 5.69 Å². The Labute approximate surface area is 84.9 Å². The number of anilines is 1. The van der Waals surface area contributed by atoms with E-state index in [4.69, 9.17) is 5.73 Å². The highest BCUT2D eigenvalue weighted by Gasteiger charge is 2.22. The molecule has 0 aliphatic heterocycles. The smallest absolute Gasteiger partial charge is 0.0545 e. The van der Waals surface area contributed by atoms with Gasteiger partial charge >= 0.3 is 0 Å². The first-order valence-electron chi connectivity index (χ1n) is 5.13. The Kier molecular flexibility index (Phi) is 2.68. The van der Waals surface area contributed by atoms with Crippen molar-refractivity contribution in [2.24, 2.45) is 5.92 Å². The normalized spacial score (nSPS) is 16.1. The molecular weight excluding hydrogens is 174 g/mol. The number of nitrogen functional groups attached to an aromatic ring is 1. The van der Waals surface area contributed by atoms with Crippen LogP contribution >= 0.6 is 0 Å². The fourth-order valence-electron chi connectivity index (χ4n) is 1.61. The molecule has 0 spiro atoms. The largest absolute Gasteiger partial charge is 0.397 e. The second kappa shape index (κ2) is 3.96. The van der Waals surface area contributed by atoms with Crippen molar-refractivity contribution in [2.45, 2.75) is 19.4 Å². The highest BCUT2D eigenvalue weighted by Crippen LogP contribution is 2.29. The van der Waals surface area contributed by atoms with Crippen molar-refractivity contribution >= 4 is 5.69 Å². The molecule has 2 N–H and O–H groups in total. The van der Waals surface area contributed by atoms with Gasteiger partial charge in [0.2, 0.25) is 0 Å². The van der Waals surface area contributed by atoms with Crippen LogP contribution in [0, 0.1) is 5.92 Å². The van der Waals surface area contributed by atoms with Crippen molar-refractivity contribution in [3.05, 3.63) is 24.0 Å². The fourth-order valence-corrected chi connectivity index (χ4v) is 1.61. The molecule has 0 atom stereocenters. The zero-order valence-electron chi connectivity index (χ0n) is 8.61. The zero-order valence-corrected chi connectivity index (χ0v) is 8.61. The highest BCUT2D eigenvalue weighted by atomic mass is 15.1. The van der Waals surface area contributed by atoms with E-state index in [1.54, 1.807) is 6.20 Å². The molecule has 3 heteroatoms. The van der Waals surface area contributed by atoms with Gasteiger partial charge in [-0.2, -0.15) is 0 Å². The molecule has 0 aromatic carbocycles. The maximum Gasteiger partial charge on any atom is 0.0545 e. The minimum Gasteiger partial charge on any atom is -0.397 e. The molecule has 0 radical (unpaired) electrons. The second-order valence-electron chi connectivity index (χ2n) is 4.22. The fraction of sp³-hybridized carbons (Fsp3) is 0.545. The average Bonchev–Trinajstić information content (AvgIpc) is 2.93. The molecule has 3 nitrogen and oxygen atoms in total. The van der Waals surface area contributed by atoms with Gasteiger partial charge in [0.25, 0.3) is 0 Å². The Morgan fingerprint density at radius 3 is 2.86 bits per heavy atom. The van der Waals surface area contributed by atoms with E-state index in [1.165, 1.54) is 19.4 Å². The lowest BCUT2D eigenvalue weighted by atomic mass is 10.3. The molecule has 0 bridgehead atoms. The van der Waals surface area contributed by atoms with Gasteiger partial charge in [-0.15, -0.1) is 0 Å². The summed E-state index contributed by atoms with van der Waals surface area (Å²) in [6.45, 7) is 2.13. The zero-order chi connectivity index (χ0) is 9.97. The van der Waals surface area contributed by atoms with E-state index in [-0.39, 0.29) is 0 Å². The third kappa shape index (κ3) is 2.70. The van der Waals surface area contributed by atoms with Gasteiger partial charge in [0.05, 0.1) is 17.6 Å². The van der Waals surface area contributed by atoms with Crippen molar-refractivity contribution in [3.8, 4) is 0 Å². The first-order chi connectivity index (χ1) is 6.74. The minimum atomic E-state index is 0.735. The maximum absolute atomic E-state index is 5.57. The predicted octanol–water partition coefficient (Wildman–Crippen LogP) is 1.51. The minimum absolute atomic E-state index is 0.735. The maximum atomic E-state index is 5.57. The summed E-state index contributed by atoms with van der Waals surface area (Å²) in [5, 5.41) is 0. The Morgan fingerprint density at radius 1 is 1.50 bits per heavy atom. The van der Waals surface area contributed by atoms with Gasteiger partial charge in [-0.25, -0.2) is 0 Å². The monoisotopic (exact) mass is 191 g/mol. The van der Waals surface area contributed by atoms with Gasteiger partial charge in [-0.1, -0.05) is 0 Å². The summed E-state index contributed by atoms with van der Waals surface area (Å²) in [7, 11) is 2.15. The van der Waals surface area contributed by atoms with Crippen LogP contribution in [0.15, 0.2) is 18.3 Å². The molecule has 1 fully saturated rings. The molecule has 1 aromatic rings. The van der Waals surface area contributed by atoms with Crippen LogP contribution in [0.25, 0.3) is 0 Å².